The van der Waals surface area contributed by atoms with Crippen LogP contribution in [0, 0.1) is 29.6 Å². The summed E-state index contributed by atoms with van der Waals surface area (Å²) >= 11 is 1.20. The molecule has 5 rings (SSSR count). The third-order valence-electron chi connectivity index (χ3n) is 5.56. The predicted octanol–water partition coefficient (Wildman–Crippen LogP) is 5.13. The van der Waals surface area contributed by atoms with Crippen molar-refractivity contribution in [2.45, 2.75) is 6.92 Å². The van der Waals surface area contributed by atoms with E-state index in [1.807, 2.05) is 6.92 Å². The molecule has 0 radical (unpaired) electrons. The monoisotopic (exact) mass is 503 g/mol. The highest BCUT2D eigenvalue weighted by molar-refractivity contribution is 7.21. The maximum Gasteiger partial charge on any atom is 0.259 e. The number of carbonyl (C=O) groups is 1. The Kier molecular flexibility index (Phi) is 6.25. The summed E-state index contributed by atoms with van der Waals surface area (Å²) < 4.78 is 5.49. The highest BCUT2D eigenvalue weighted by Gasteiger charge is 2.19. The minimum atomic E-state index is -0.418. The van der Waals surface area contributed by atoms with Gasteiger partial charge in [-0.1, -0.05) is 23.5 Å². The first-order valence-corrected chi connectivity index (χ1v) is 11.8. The Hall–Kier alpha value is -5.19. The summed E-state index contributed by atoms with van der Waals surface area (Å²) in [7, 11) is 1.53. The molecule has 3 heterocycles. The van der Waals surface area contributed by atoms with E-state index in [4.69, 9.17) is 10.00 Å². The lowest BCUT2D eigenvalue weighted by Crippen LogP contribution is -2.14. The number of methoxy groups -OCH3 is 1. The molecule has 0 unspecified atom stereocenters. The van der Waals surface area contributed by atoms with E-state index in [-0.39, 0.29) is 0 Å². The molecule has 10 heteroatoms. The first kappa shape index (κ1) is 23.5. The van der Waals surface area contributed by atoms with Crippen molar-refractivity contribution in [1.29, 1.82) is 10.5 Å². The highest BCUT2D eigenvalue weighted by atomic mass is 32.1. The van der Waals surface area contributed by atoms with Gasteiger partial charge >= 0.3 is 0 Å². The molecule has 2 aromatic carbocycles. The molecule has 178 valence electrons. The van der Waals surface area contributed by atoms with Crippen molar-refractivity contribution in [2.24, 2.45) is 0 Å². The number of benzene rings is 2. The predicted molar refractivity (Wildman–Crippen MR) is 139 cm³/mol. The number of aryl methyl sites for hydroxylation is 1. The maximum absolute atomic E-state index is 13.3. The van der Waals surface area contributed by atoms with Crippen LogP contribution in [0.2, 0.25) is 0 Å². The molecule has 5 aromatic rings. The average molecular weight is 504 g/mol. The Morgan fingerprint density at radius 1 is 0.946 bits per heavy atom. The van der Waals surface area contributed by atoms with E-state index in [0.29, 0.717) is 60.6 Å². The SMILES string of the molecule is COc1ccc(C#N)cc1-c1cc(C)ncc1C(=O)Nc1nc2ncc(-c3ccc(C#N)cc3)nc2s1. The number of nitrogens with one attached hydrogen (secondary N) is 1. The van der Waals surface area contributed by atoms with E-state index in [0.717, 1.165) is 5.56 Å². The normalized spacial score (nSPS) is 10.5. The molecule has 0 aliphatic rings. The average Bonchev–Trinajstić information content (AvgIpc) is 3.34. The third kappa shape index (κ3) is 4.69. The molecule has 0 fully saturated rings. The van der Waals surface area contributed by atoms with Crippen LogP contribution < -0.4 is 10.1 Å². The van der Waals surface area contributed by atoms with Gasteiger partial charge in [0.1, 0.15) is 5.75 Å². The highest BCUT2D eigenvalue weighted by Crippen LogP contribution is 2.34. The van der Waals surface area contributed by atoms with Crippen molar-refractivity contribution in [2.75, 3.05) is 12.4 Å². The fourth-order valence-corrected chi connectivity index (χ4v) is 4.54. The molecular weight excluding hydrogens is 486 g/mol. The fraction of sp³-hybridized carbons (Fsp3) is 0.0741. The Labute approximate surface area is 215 Å². The number of fused-ring (bicyclic) bond motifs is 1. The molecule has 37 heavy (non-hydrogen) atoms. The molecule has 3 aromatic heterocycles. The van der Waals surface area contributed by atoms with Gasteiger partial charge in [-0.15, -0.1) is 0 Å². The fourth-order valence-electron chi connectivity index (χ4n) is 3.75. The van der Waals surface area contributed by atoms with Crippen molar-refractivity contribution >= 4 is 32.9 Å². The number of pyridine rings is 1. The molecule has 0 saturated carbocycles. The Morgan fingerprint density at radius 2 is 1.70 bits per heavy atom. The van der Waals surface area contributed by atoms with Gasteiger partial charge in [0.05, 0.1) is 47.8 Å². The summed E-state index contributed by atoms with van der Waals surface area (Å²) in [5.41, 5.74) is 5.06. The summed E-state index contributed by atoms with van der Waals surface area (Å²) in [6.07, 6.45) is 3.09. The van der Waals surface area contributed by atoms with Gasteiger partial charge in [0, 0.05) is 28.6 Å². The van der Waals surface area contributed by atoms with Crippen molar-refractivity contribution in [1.82, 2.24) is 19.9 Å². The summed E-state index contributed by atoms with van der Waals surface area (Å²) in [6.45, 7) is 1.82. The van der Waals surface area contributed by atoms with Gasteiger partial charge in [-0.2, -0.15) is 15.5 Å². The van der Waals surface area contributed by atoms with Crippen molar-refractivity contribution < 1.29 is 9.53 Å². The van der Waals surface area contributed by atoms with Crippen LogP contribution in [0.25, 0.3) is 32.9 Å². The molecule has 0 bridgehead atoms. The second-order valence-electron chi connectivity index (χ2n) is 7.94. The van der Waals surface area contributed by atoms with Crippen LogP contribution in [0.5, 0.6) is 5.75 Å². The van der Waals surface area contributed by atoms with E-state index in [1.165, 1.54) is 24.6 Å². The van der Waals surface area contributed by atoms with E-state index in [2.05, 4.69) is 37.4 Å². The lowest BCUT2D eigenvalue weighted by molar-refractivity contribution is 0.102. The quantitative estimate of drug-likeness (QED) is 0.348. The zero-order chi connectivity index (χ0) is 25.9. The lowest BCUT2D eigenvalue weighted by atomic mass is 9.97. The van der Waals surface area contributed by atoms with Gasteiger partial charge in [-0.05, 0) is 43.3 Å². The van der Waals surface area contributed by atoms with E-state index < -0.39 is 5.91 Å². The number of nitriles is 2. The second kappa shape index (κ2) is 9.82. The van der Waals surface area contributed by atoms with E-state index >= 15 is 0 Å². The van der Waals surface area contributed by atoms with Gasteiger partial charge in [-0.3, -0.25) is 15.1 Å². The first-order valence-electron chi connectivity index (χ1n) is 11.0. The van der Waals surface area contributed by atoms with Gasteiger partial charge < -0.3 is 4.74 Å². The van der Waals surface area contributed by atoms with E-state index in [9.17, 15) is 10.1 Å². The molecular formula is C27H17N7O2S. The molecule has 0 saturated heterocycles. The Balaban J connectivity index is 1.48. The first-order chi connectivity index (χ1) is 18.0. The molecule has 1 amide bonds. The standard InChI is InChI=1S/C27H17N7O2S/c1-15-9-19(20-10-17(12-29)5-8-23(20)36-2)21(13-30-15)25(35)34-27-33-24-26(37-27)32-22(14-31-24)18-6-3-16(11-28)4-7-18/h3-10,13-14H,1-2H3,(H,31,33,34,35). The second-order valence-corrected chi connectivity index (χ2v) is 8.92. The Morgan fingerprint density at radius 3 is 2.43 bits per heavy atom. The van der Waals surface area contributed by atoms with Crippen LogP contribution in [-0.2, 0) is 0 Å². The number of aromatic nitrogens is 4. The minimum Gasteiger partial charge on any atom is -0.496 e. The minimum absolute atomic E-state index is 0.303. The van der Waals surface area contributed by atoms with Gasteiger partial charge in [0.25, 0.3) is 5.91 Å². The molecule has 0 spiro atoms. The summed E-state index contributed by atoms with van der Waals surface area (Å²) in [5, 5.41) is 21.5. The zero-order valence-corrected chi connectivity index (χ0v) is 20.5. The molecule has 0 aliphatic carbocycles. The number of hydrogen-bond donors (Lipinski definition) is 1. The number of rotatable bonds is 5. The van der Waals surface area contributed by atoms with Gasteiger partial charge in [-0.25, -0.2) is 9.97 Å². The topological polar surface area (TPSA) is 137 Å². The van der Waals surface area contributed by atoms with Crippen LogP contribution in [0.4, 0.5) is 5.13 Å². The van der Waals surface area contributed by atoms with Gasteiger partial charge in [0.2, 0.25) is 0 Å². The summed E-state index contributed by atoms with van der Waals surface area (Å²) in [6, 6.07) is 18.1. The molecule has 1 N–H and O–H groups in total. The van der Waals surface area contributed by atoms with Crippen molar-refractivity contribution in [3.05, 3.63) is 83.3 Å². The lowest BCUT2D eigenvalue weighted by Gasteiger charge is -2.13. The molecule has 9 nitrogen and oxygen atoms in total. The van der Waals surface area contributed by atoms with E-state index in [1.54, 1.807) is 54.7 Å². The number of thiazole rings is 1. The van der Waals surface area contributed by atoms with Crippen LogP contribution in [0.3, 0.4) is 0 Å². The summed E-state index contributed by atoms with van der Waals surface area (Å²) in [4.78, 5) is 31.6. The van der Waals surface area contributed by atoms with Crippen LogP contribution >= 0.6 is 11.3 Å². The summed E-state index contributed by atoms with van der Waals surface area (Å²) in [5.74, 6) is 0.112. The number of hydrogen-bond acceptors (Lipinski definition) is 9. The smallest absolute Gasteiger partial charge is 0.259 e. The zero-order valence-electron chi connectivity index (χ0n) is 19.7. The number of anilines is 1. The number of amides is 1. The molecule has 0 atom stereocenters. The Bertz CT molecular complexity index is 1750. The molecule has 0 aliphatic heterocycles. The van der Waals surface area contributed by atoms with Crippen LogP contribution in [0.1, 0.15) is 27.2 Å². The largest absolute Gasteiger partial charge is 0.496 e. The van der Waals surface area contributed by atoms with Crippen LogP contribution in [-0.4, -0.2) is 33.0 Å². The van der Waals surface area contributed by atoms with Crippen molar-refractivity contribution in [3.8, 4) is 40.3 Å². The van der Waals surface area contributed by atoms with Gasteiger partial charge in [0.15, 0.2) is 15.6 Å². The number of ether oxygens (including phenoxy) is 1. The van der Waals surface area contributed by atoms with Crippen LogP contribution in [0.15, 0.2) is 60.9 Å². The number of carbonyl (C=O) groups excluding carboxylic acids is 1. The number of nitrogens with zero attached hydrogens (tertiary/aromatic N) is 6. The third-order valence-corrected chi connectivity index (χ3v) is 6.41. The van der Waals surface area contributed by atoms with Crippen molar-refractivity contribution in [3.63, 3.8) is 0 Å². The maximum atomic E-state index is 13.3.